The van der Waals surface area contributed by atoms with Crippen LogP contribution in [0.4, 0.5) is 4.79 Å². The second-order valence-corrected chi connectivity index (χ2v) is 9.51. The zero-order valence-corrected chi connectivity index (χ0v) is 19.3. The average Bonchev–Trinajstić information content (AvgIpc) is 3.37. The fraction of sp³-hybridized carbons (Fsp3) is 0.542. The van der Waals surface area contributed by atoms with E-state index in [1.165, 1.54) is 12.7 Å². The van der Waals surface area contributed by atoms with Crippen LogP contribution in [0.1, 0.15) is 44.1 Å². The Labute approximate surface area is 188 Å². The lowest BCUT2D eigenvalue weighted by molar-refractivity contribution is -0.146. The molecule has 0 bridgehead atoms. The smallest absolute Gasteiger partial charge is 0.407 e. The number of para-hydroxylation sites is 1. The molecule has 8 nitrogen and oxygen atoms in total. The van der Waals surface area contributed by atoms with Crippen molar-refractivity contribution < 1.29 is 19.1 Å². The fourth-order valence-corrected chi connectivity index (χ4v) is 4.61. The molecule has 1 N–H and O–H groups in total. The minimum absolute atomic E-state index is 0.0696. The predicted octanol–water partition coefficient (Wildman–Crippen LogP) is 2.65. The second kappa shape index (κ2) is 8.94. The van der Waals surface area contributed by atoms with E-state index in [0.717, 1.165) is 36.3 Å². The van der Waals surface area contributed by atoms with E-state index in [1.54, 1.807) is 0 Å². The van der Waals surface area contributed by atoms with E-state index in [2.05, 4.69) is 38.0 Å². The number of carbonyl (C=O) groups is 2. The van der Waals surface area contributed by atoms with Crippen molar-refractivity contribution >= 4 is 12.1 Å². The molecule has 2 aromatic rings. The van der Waals surface area contributed by atoms with Crippen molar-refractivity contribution in [3.8, 4) is 5.69 Å². The average molecular weight is 441 g/mol. The molecule has 2 aliphatic heterocycles. The molecule has 8 heteroatoms. The molecule has 1 aromatic heterocycles. The van der Waals surface area contributed by atoms with Gasteiger partial charge in [-0.25, -0.2) is 9.78 Å². The Kier molecular flexibility index (Phi) is 6.24. The summed E-state index contributed by atoms with van der Waals surface area (Å²) in [4.78, 5) is 31.6. The van der Waals surface area contributed by atoms with E-state index in [9.17, 15) is 9.59 Å². The van der Waals surface area contributed by atoms with Gasteiger partial charge >= 0.3 is 12.1 Å². The highest BCUT2D eigenvalue weighted by atomic mass is 16.6. The molecule has 1 saturated heterocycles. The van der Waals surface area contributed by atoms with Crippen molar-refractivity contribution in [2.75, 3.05) is 20.2 Å². The van der Waals surface area contributed by atoms with Crippen molar-refractivity contribution in [1.29, 1.82) is 0 Å². The van der Waals surface area contributed by atoms with Gasteiger partial charge in [-0.1, -0.05) is 18.2 Å². The summed E-state index contributed by atoms with van der Waals surface area (Å²) in [5.41, 5.74) is 4.00. The van der Waals surface area contributed by atoms with Crippen LogP contribution in [0.5, 0.6) is 0 Å². The number of rotatable bonds is 5. The van der Waals surface area contributed by atoms with Gasteiger partial charge in [0.1, 0.15) is 11.6 Å². The monoisotopic (exact) mass is 440 g/mol. The van der Waals surface area contributed by atoms with Crippen molar-refractivity contribution in [3.05, 3.63) is 47.5 Å². The number of amides is 1. The lowest BCUT2D eigenvalue weighted by Gasteiger charge is -2.26. The number of hydrogen-bond donors (Lipinski definition) is 1. The van der Waals surface area contributed by atoms with E-state index in [0.29, 0.717) is 19.5 Å². The largest absolute Gasteiger partial charge is 0.468 e. The number of esters is 1. The minimum atomic E-state index is -0.546. The SMILES string of the molecule is COC(=O)[C@H](Cc1ncn2c1CCc1ccccc1-2)N1CC[C@H](NC(=O)OC(C)(C)C)C1. The maximum atomic E-state index is 12.7. The van der Waals surface area contributed by atoms with E-state index in [1.807, 2.05) is 33.2 Å². The van der Waals surface area contributed by atoms with Crippen LogP contribution in [-0.4, -0.2) is 64.4 Å². The number of nitrogens with one attached hydrogen (secondary N) is 1. The Hall–Kier alpha value is -2.87. The molecule has 172 valence electrons. The molecule has 0 radical (unpaired) electrons. The summed E-state index contributed by atoms with van der Waals surface area (Å²) in [5.74, 6) is -0.277. The zero-order valence-electron chi connectivity index (χ0n) is 19.3. The Morgan fingerprint density at radius 1 is 1.25 bits per heavy atom. The normalized spacial score (nSPS) is 19.1. The van der Waals surface area contributed by atoms with Crippen LogP contribution < -0.4 is 5.32 Å². The Morgan fingerprint density at radius 2 is 2.03 bits per heavy atom. The first-order valence-corrected chi connectivity index (χ1v) is 11.2. The van der Waals surface area contributed by atoms with Gasteiger partial charge in [0.2, 0.25) is 0 Å². The van der Waals surface area contributed by atoms with Crippen molar-refractivity contribution in [1.82, 2.24) is 19.8 Å². The van der Waals surface area contributed by atoms with Gasteiger partial charge in [-0.3, -0.25) is 9.69 Å². The van der Waals surface area contributed by atoms with Crippen LogP contribution in [0.3, 0.4) is 0 Å². The van der Waals surface area contributed by atoms with E-state index >= 15 is 0 Å². The van der Waals surface area contributed by atoms with Crippen LogP contribution in [0.15, 0.2) is 30.6 Å². The van der Waals surface area contributed by atoms with E-state index in [-0.39, 0.29) is 12.0 Å². The fourth-order valence-electron chi connectivity index (χ4n) is 4.61. The summed E-state index contributed by atoms with van der Waals surface area (Å²) in [6.07, 6.45) is 4.51. The maximum Gasteiger partial charge on any atom is 0.407 e. The van der Waals surface area contributed by atoms with Crippen LogP contribution in [0, 0.1) is 0 Å². The summed E-state index contributed by atoms with van der Waals surface area (Å²) < 4.78 is 12.6. The third-order valence-electron chi connectivity index (χ3n) is 6.08. The molecule has 4 rings (SSSR count). The minimum Gasteiger partial charge on any atom is -0.468 e. The topological polar surface area (TPSA) is 85.7 Å². The number of aromatic nitrogens is 2. The van der Waals surface area contributed by atoms with Gasteiger partial charge in [-0.2, -0.15) is 0 Å². The number of fused-ring (bicyclic) bond motifs is 3. The highest BCUT2D eigenvalue weighted by molar-refractivity contribution is 5.76. The van der Waals surface area contributed by atoms with Crippen molar-refractivity contribution in [2.24, 2.45) is 0 Å². The van der Waals surface area contributed by atoms with Crippen LogP contribution >= 0.6 is 0 Å². The van der Waals surface area contributed by atoms with E-state index < -0.39 is 17.7 Å². The van der Waals surface area contributed by atoms with Gasteiger partial charge in [0, 0.05) is 36.9 Å². The molecule has 0 saturated carbocycles. The maximum absolute atomic E-state index is 12.7. The second-order valence-electron chi connectivity index (χ2n) is 9.51. The highest BCUT2D eigenvalue weighted by Crippen LogP contribution is 2.28. The molecule has 2 atom stereocenters. The summed E-state index contributed by atoms with van der Waals surface area (Å²) in [5, 5.41) is 2.92. The first kappa shape index (κ1) is 22.3. The molecular weight excluding hydrogens is 408 g/mol. The predicted molar refractivity (Wildman–Crippen MR) is 120 cm³/mol. The number of nitrogens with zero attached hydrogens (tertiary/aromatic N) is 3. The number of likely N-dealkylation sites (tertiary alicyclic amines) is 1. The molecule has 0 aliphatic carbocycles. The Morgan fingerprint density at radius 3 is 2.78 bits per heavy atom. The van der Waals surface area contributed by atoms with Gasteiger partial charge in [0.05, 0.1) is 19.1 Å². The number of carbonyl (C=O) groups excluding carboxylic acids is 2. The Balaban J connectivity index is 1.47. The number of ether oxygens (including phenoxy) is 2. The summed E-state index contributed by atoms with van der Waals surface area (Å²) in [7, 11) is 1.42. The molecule has 32 heavy (non-hydrogen) atoms. The summed E-state index contributed by atoms with van der Waals surface area (Å²) >= 11 is 0. The van der Waals surface area contributed by atoms with Gasteiger partial charge in [0.25, 0.3) is 0 Å². The standard InChI is InChI=1S/C24H32N4O4/c1-24(2,3)32-23(30)26-17-11-12-27(14-17)21(22(29)31-4)13-18-20-10-9-16-7-5-6-8-19(16)28(20)15-25-18/h5-8,15,17,21H,9-14H2,1-4H3,(H,26,30)/t17-,21-/m0/s1. The van der Waals surface area contributed by atoms with Crippen LogP contribution in [0.25, 0.3) is 5.69 Å². The van der Waals surface area contributed by atoms with Crippen LogP contribution in [0.2, 0.25) is 0 Å². The number of aryl methyl sites for hydroxylation is 1. The highest BCUT2D eigenvalue weighted by Gasteiger charge is 2.36. The summed E-state index contributed by atoms with van der Waals surface area (Å²) in [6.45, 7) is 6.78. The zero-order chi connectivity index (χ0) is 22.9. The molecule has 2 aliphatic rings. The number of alkyl carbamates (subject to hydrolysis) is 1. The molecule has 1 aromatic carbocycles. The Bertz CT molecular complexity index is 994. The lowest BCUT2D eigenvalue weighted by Crippen LogP contribution is -2.45. The first-order valence-electron chi connectivity index (χ1n) is 11.2. The number of hydrogen-bond acceptors (Lipinski definition) is 6. The van der Waals surface area contributed by atoms with Crippen molar-refractivity contribution in [2.45, 2.75) is 64.1 Å². The van der Waals surface area contributed by atoms with Gasteiger partial charge in [-0.15, -0.1) is 0 Å². The van der Waals surface area contributed by atoms with Gasteiger partial charge in [-0.05, 0) is 51.7 Å². The molecular formula is C24H32N4O4. The first-order chi connectivity index (χ1) is 15.2. The van der Waals surface area contributed by atoms with E-state index in [4.69, 9.17) is 9.47 Å². The third kappa shape index (κ3) is 4.80. The van der Waals surface area contributed by atoms with Crippen LogP contribution in [-0.2, 0) is 33.5 Å². The van der Waals surface area contributed by atoms with Crippen molar-refractivity contribution in [3.63, 3.8) is 0 Å². The molecule has 0 spiro atoms. The molecule has 3 heterocycles. The molecule has 0 unspecified atom stereocenters. The van der Waals surface area contributed by atoms with Gasteiger partial charge in [0.15, 0.2) is 0 Å². The number of benzene rings is 1. The lowest BCUT2D eigenvalue weighted by atomic mass is 9.98. The number of methoxy groups -OCH3 is 1. The molecule has 1 fully saturated rings. The third-order valence-corrected chi connectivity index (χ3v) is 6.08. The molecule has 1 amide bonds. The summed E-state index contributed by atoms with van der Waals surface area (Å²) in [6, 6.07) is 7.84. The van der Waals surface area contributed by atoms with Gasteiger partial charge < -0.3 is 19.4 Å². The number of imidazole rings is 1. The quantitative estimate of drug-likeness (QED) is 0.720.